The Labute approximate surface area is 230 Å². The van der Waals surface area contributed by atoms with Crippen molar-refractivity contribution in [2.24, 2.45) is 4.99 Å². The van der Waals surface area contributed by atoms with E-state index in [2.05, 4.69) is 4.99 Å². The Hall–Kier alpha value is -3.89. The van der Waals surface area contributed by atoms with E-state index < -0.39 is 12.0 Å². The van der Waals surface area contributed by atoms with Crippen LogP contribution < -0.4 is 29.1 Å². The molecule has 0 spiro atoms. The van der Waals surface area contributed by atoms with Crippen LogP contribution >= 0.6 is 11.3 Å². The lowest BCUT2D eigenvalue weighted by Gasteiger charge is -2.27. The quantitative estimate of drug-likeness (QED) is 0.282. The van der Waals surface area contributed by atoms with E-state index in [0.717, 1.165) is 16.9 Å². The standard InChI is InChI=1S/C29H32N2O7S/c1-7-37-26-21(9-8-10-22(26)36-6)25-24(28(33)38-14-13-34-4)18(3)30-29-31(25)27(32)23(39-29)16-19-11-12-20(35-5)15-17(19)2/h8-12,15-16,25H,7,13-14H2,1-6H3/b23-16+/t25-/m0/s1. The van der Waals surface area contributed by atoms with Crippen molar-refractivity contribution >= 4 is 23.4 Å². The van der Waals surface area contributed by atoms with Gasteiger partial charge < -0.3 is 23.7 Å². The average Bonchev–Trinajstić information content (AvgIpc) is 3.23. The number of carbonyl (C=O) groups excluding carboxylic acids is 1. The number of ether oxygens (including phenoxy) is 5. The van der Waals surface area contributed by atoms with Crippen LogP contribution in [0.1, 0.15) is 36.6 Å². The van der Waals surface area contributed by atoms with Gasteiger partial charge in [-0.25, -0.2) is 9.79 Å². The van der Waals surface area contributed by atoms with Crippen LogP contribution in [0.3, 0.4) is 0 Å². The summed E-state index contributed by atoms with van der Waals surface area (Å²) >= 11 is 1.26. The SMILES string of the molecule is CCOc1c(OC)cccc1[C@H]1C(C(=O)OCCOC)=C(C)N=c2s/c(=C/c3ccc(OC)cc3C)c(=O)n21. The number of methoxy groups -OCH3 is 3. The van der Waals surface area contributed by atoms with E-state index in [0.29, 0.717) is 38.7 Å². The first kappa shape index (κ1) is 28.1. The van der Waals surface area contributed by atoms with E-state index in [1.54, 1.807) is 33.3 Å². The van der Waals surface area contributed by atoms with Crippen LogP contribution in [-0.4, -0.2) is 51.7 Å². The molecule has 2 aromatic carbocycles. The van der Waals surface area contributed by atoms with Gasteiger partial charge in [0.25, 0.3) is 5.56 Å². The van der Waals surface area contributed by atoms with Crippen molar-refractivity contribution in [2.45, 2.75) is 26.8 Å². The Morgan fingerprint density at radius 3 is 2.56 bits per heavy atom. The Morgan fingerprint density at radius 1 is 1.10 bits per heavy atom. The van der Waals surface area contributed by atoms with Gasteiger partial charge in [0.15, 0.2) is 16.3 Å². The summed E-state index contributed by atoms with van der Waals surface area (Å²) < 4.78 is 29.4. The molecule has 0 saturated carbocycles. The largest absolute Gasteiger partial charge is 0.497 e. The van der Waals surface area contributed by atoms with Crippen molar-refractivity contribution in [3.8, 4) is 17.2 Å². The number of thiazole rings is 1. The van der Waals surface area contributed by atoms with Gasteiger partial charge in [0.2, 0.25) is 0 Å². The Bertz CT molecular complexity index is 1590. The molecule has 0 radical (unpaired) electrons. The van der Waals surface area contributed by atoms with Crippen LogP contribution in [0.25, 0.3) is 6.08 Å². The van der Waals surface area contributed by atoms with Gasteiger partial charge in [0.1, 0.15) is 18.4 Å². The zero-order valence-electron chi connectivity index (χ0n) is 22.9. The smallest absolute Gasteiger partial charge is 0.338 e. The second kappa shape index (κ2) is 12.3. The minimum atomic E-state index is -0.841. The summed E-state index contributed by atoms with van der Waals surface area (Å²) in [5.74, 6) is 1.10. The van der Waals surface area contributed by atoms with E-state index in [9.17, 15) is 9.59 Å². The number of esters is 1. The number of rotatable bonds is 10. The number of nitrogens with zero attached hydrogens (tertiary/aromatic N) is 2. The Morgan fingerprint density at radius 2 is 1.90 bits per heavy atom. The molecule has 2 heterocycles. The maximum absolute atomic E-state index is 14.0. The van der Waals surface area contributed by atoms with Gasteiger partial charge in [0, 0.05) is 12.7 Å². The molecule has 1 aliphatic rings. The molecule has 9 nitrogen and oxygen atoms in total. The molecule has 1 aromatic heterocycles. The van der Waals surface area contributed by atoms with Gasteiger partial charge in [-0.1, -0.05) is 29.5 Å². The summed E-state index contributed by atoms with van der Waals surface area (Å²) in [4.78, 5) is 32.5. The zero-order valence-corrected chi connectivity index (χ0v) is 23.7. The number of aromatic nitrogens is 1. The minimum absolute atomic E-state index is 0.0659. The molecule has 0 fully saturated rings. The second-order valence-electron chi connectivity index (χ2n) is 8.74. The molecule has 39 heavy (non-hydrogen) atoms. The number of fused-ring (bicyclic) bond motifs is 1. The molecule has 0 unspecified atom stereocenters. The third kappa shape index (κ3) is 5.62. The summed E-state index contributed by atoms with van der Waals surface area (Å²) in [5, 5.41) is 0. The number of para-hydroxylation sites is 1. The molecule has 0 aliphatic carbocycles. The molecule has 0 saturated heterocycles. The molecule has 1 atom stereocenters. The van der Waals surface area contributed by atoms with Crippen molar-refractivity contribution in [3.63, 3.8) is 0 Å². The van der Waals surface area contributed by atoms with Crippen molar-refractivity contribution in [3.05, 3.63) is 84.0 Å². The van der Waals surface area contributed by atoms with Crippen molar-refractivity contribution in [1.82, 2.24) is 4.57 Å². The van der Waals surface area contributed by atoms with Crippen LogP contribution in [0.2, 0.25) is 0 Å². The molecular formula is C29H32N2O7S. The normalized spacial score (nSPS) is 15.0. The zero-order chi connectivity index (χ0) is 28.1. The maximum atomic E-state index is 14.0. The topological polar surface area (TPSA) is 97.6 Å². The first-order valence-corrected chi connectivity index (χ1v) is 13.3. The molecule has 0 bridgehead atoms. The first-order chi connectivity index (χ1) is 18.8. The maximum Gasteiger partial charge on any atom is 0.338 e. The highest BCUT2D eigenvalue weighted by atomic mass is 32.1. The van der Waals surface area contributed by atoms with Crippen LogP contribution in [-0.2, 0) is 14.3 Å². The molecule has 10 heteroatoms. The second-order valence-corrected chi connectivity index (χ2v) is 9.75. The van der Waals surface area contributed by atoms with E-state index in [1.807, 2.05) is 44.2 Å². The summed E-state index contributed by atoms with van der Waals surface area (Å²) in [6.07, 6.45) is 1.83. The third-order valence-corrected chi connectivity index (χ3v) is 7.32. The fourth-order valence-corrected chi connectivity index (χ4v) is 5.50. The van der Waals surface area contributed by atoms with Crippen LogP contribution in [0, 0.1) is 6.92 Å². The fraction of sp³-hybridized carbons (Fsp3) is 0.345. The summed E-state index contributed by atoms with van der Waals surface area (Å²) in [6.45, 7) is 6.23. The van der Waals surface area contributed by atoms with Crippen LogP contribution in [0.5, 0.6) is 17.2 Å². The number of benzene rings is 2. The number of hydrogen-bond donors (Lipinski definition) is 0. The Balaban J connectivity index is 1.96. The monoisotopic (exact) mass is 552 g/mol. The number of aryl methyl sites for hydroxylation is 1. The van der Waals surface area contributed by atoms with Gasteiger partial charge in [-0.2, -0.15) is 0 Å². The van der Waals surface area contributed by atoms with Gasteiger partial charge in [0.05, 0.1) is 43.2 Å². The minimum Gasteiger partial charge on any atom is -0.497 e. The molecule has 206 valence electrons. The predicted octanol–water partition coefficient (Wildman–Crippen LogP) is 3.15. The highest BCUT2D eigenvalue weighted by molar-refractivity contribution is 7.07. The molecule has 4 rings (SSSR count). The summed E-state index contributed by atoms with van der Waals surface area (Å²) in [6, 6.07) is 10.2. The molecule has 0 N–H and O–H groups in total. The summed E-state index contributed by atoms with van der Waals surface area (Å²) in [5.41, 5.74) is 2.86. The lowest BCUT2D eigenvalue weighted by atomic mass is 9.94. The van der Waals surface area contributed by atoms with E-state index >= 15 is 0 Å². The van der Waals surface area contributed by atoms with E-state index in [4.69, 9.17) is 23.7 Å². The first-order valence-electron chi connectivity index (χ1n) is 12.5. The lowest BCUT2D eigenvalue weighted by molar-refractivity contribution is -0.140. The van der Waals surface area contributed by atoms with Crippen molar-refractivity contribution in [1.29, 1.82) is 0 Å². The van der Waals surface area contributed by atoms with Gasteiger partial charge in [-0.05, 0) is 56.2 Å². The molecule has 1 aliphatic heterocycles. The summed E-state index contributed by atoms with van der Waals surface area (Å²) in [7, 11) is 4.69. The molecule has 3 aromatic rings. The van der Waals surface area contributed by atoms with Crippen molar-refractivity contribution < 1.29 is 28.5 Å². The van der Waals surface area contributed by atoms with Crippen LogP contribution in [0.15, 0.2) is 57.5 Å². The van der Waals surface area contributed by atoms with Crippen molar-refractivity contribution in [2.75, 3.05) is 41.2 Å². The molecular weight excluding hydrogens is 520 g/mol. The highest BCUT2D eigenvalue weighted by Crippen LogP contribution is 2.40. The molecule has 0 amide bonds. The number of allylic oxidation sites excluding steroid dienone is 1. The average molecular weight is 553 g/mol. The van der Waals surface area contributed by atoms with E-state index in [-0.39, 0.29) is 24.3 Å². The van der Waals surface area contributed by atoms with Gasteiger partial charge in [-0.3, -0.25) is 9.36 Å². The lowest BCUT2D eigenvalue weighted by Crippen LogP contribution is -2.40. The number of hydrogen-bond acceptors (Lipinski definition) is 9. The van der Waals surface area contributed by atoms with Gasteiger partial charge in [-0.15, -0.1) is 0 Å². The van der Waals surface area contributed by atoms with Crippen LogP contribution in [0.4, 0.5) is 0 Å². The Kier molecular flexibility index (Phi) is 8.88. The third-order valence-electron chi connectivity index (χ3n) is 6.34. The van der Waals surface area contributed by atoms with E-state index in [1.165, 1.54) is 23.0 Å². The number of carbonyl (C=O) groups is 1. The predicted molar refractivity (Wildman–Crippen MR) is 148 cm³/mol. The van der Waals surface area contributed by atoms with Gasteiger partial charge >= 0.3 is 5.97 Å². The fourth-order valence-electron chi connectivity index (χ4n) is 4.46. The highest BCUT2D eigenvalue weighted by Gasteiger charge is 2.36.